The van der Waals surface area contributed by atoms with E-state index in [2.05, 4.69) is 4.74 Å². The predicted molar refractivity (Wildman–Crippen MR) is 60.8 cm³/mol. The number of halogens is 2. The summed E-state index contributed by atoms with van der Waals surface area (Å²) < 4.78 is 8.91. The molecule has 0 spiro atoms. The number of hydrogen-bond acceptors (Lipinski definition) is 3. The van der Waals surface area contributed by atoms with Gasteiger partial charge in [0.15, 0.2) is 4.33 Å². The summed E-state index contributed by atoms with van der Waals surface area (Å²) in [5.41, 5.74) is 0. The van der Waals surface area contributed by atoms with E-state index in [-0.39, 0.29) is 0 Å². The van der Waals surface area contributed by atoms with Crippen molar-refractivity contribution in [1.82, 2.24) is 0 Å². The van der Waals surface area contributed by atoms with Crippen molar-refractivity contribution < 1.29 is 14.3 Å². The van der Waals surface area contributed by atoms with Crippen LogP contribution >= 0.6 is 23.2 Å². The van der Waals surface area contributed by atoms with Crippen molar-refractivity contribution >= 4 is 29.2 Å². The van der Waals surface area contributed by atoms with Crippen molar-refractivity contribution in [3.63, 3.8) is 0 Å². The summed E-state index contributed by atoms with van der Waals surface area (Å²) >= 11 is 11.9. The molecule has 1 fully saturated rings. The summed E-state index contributed by atoms with van der Waals surface area (Å²) in [7, 11) is 1.30. The van der Waals surface area contributed by atoms with E-state index in [0.29, 0.717) is 5.75 Å². The molecule has 5 heteroatoms. The second-order valence-corrected chi connectivity index (χ2v) is 4.97. The molecule has 1 aromatic carbocycles. The number of esters is 1. The summed E-state index contributed by atoms with van der Waals surface area (Å²) in [4.78, 5) is 11.3. The first-order valence-electron chi connectivity index (χ1n) is 4.74. The van der Waals surface area contributed by atoms with E-state index < -0.39 is 22.3 Å². The number of carbonyl (C=O) groups excluding carboxylic acids is 1. The highest BCUT2D eigenvalue weighted by atomic mass is 35.5. The summed E-state index contributed by atoms with van der Waals surface area (Å²) in [6.07, 6.45) is -0.550. The van der Waals surface area contributed by atoms with Crippen LogP contribution in [0.25, 0.3) is 0 Å². The van der Waals surface area contributed by atoms with Gasteiger partial charge in [0.1, 0.15) is 17.8 Å². The number of alkyl halides is 2. The van der Waals surface area contributed by atoms with Gasteiger partial charge in [-0.25, -0.2) is 0 Å². The van der Waals surface area contributed by atoms with Crippen LogP contribution in [0, 0.1) is 5.92 Å². The lowest BCUT2D eigenvalue weighted by atomic mass is 10.3. The van der Waals surface area contributed by atoms with Gasteiger partial charge in [-0.2, -0.15) is 0 Å². The van der Waals surface area contributed by atoms with Crippen LogP contribution in [0.3, 0.4) is 0 Å². The molecule has 1 aromatic rings. The van der Waals surface area contributed by atoms with Crippen LogP contribution in [0.15, 0.2) is 30.3 Å². The van der Waals surface area contributed by atoms with Crippen LogP contribution in [-0.4, -0.2) is 23.5 Å². The molecule has 16 heavy (non-hydrogen) atoms. The van der Waals surface area contributed by atoms with Crippen molar-refractivity contribution in [2.24, 2.45) is 5.92 Å². The van der Waals surface area contributed by atoms with Gasteiger partial charge in [0.2, 0.25) is 0 Å². The minimum Gasteiger partial charge on any atom is -0.486 e. The second kappa shape index (κ2) is 4.15. The number of benzene rings is 1. The molecule has 0 radical (unpaired) electrons. The third kappa shape index (κ3) is 1.97. The Hall–Kier alpha value is -0.930. The monoisotopic (exact) mass is 260 g/mol. The second-order valence-electron chi connectivity index (χ2n) is 3.53. The van der Waals surface area contributed by atoms with Gasteiger partial charge in [0.05, 0.1) is 7.11 Å². The average molecular weight is 261 g/mol. The van der Waals surface area contributed by atoms with Crippen molar-refractivity contribution in [1.29, 1.82) is 0 Å². The Morgan fingerprint density at radius 2 is 1.94 bits per heavy atom. The highest BCUT2D eigenvalue weighted by Gasteiger charge is 2.70. The normalized spacial score (nSPS) is 25.9. The average Bonchev–Trinajstić information content (AvgIpc) is 2.81. The fourth-order valence-electron chi connectivity index (χ4n) is 1.50. The molecule has 86 valence electrons. The maximum atomic E-state index is 11.3. The van der Waals surface area contributed by atoms with Gasteiger partial charge in [-0.15, -0.1) is 0 Å². The summed E-state index contributed by atoms with van der Waals surface area (Å²) in [6, 6.07) is 9.07. The van der Waals surface area contributed by atoms with E-state index in [0.717, 1.165) is 0 Å². The SMILES string of the molecule is COC(=O)C1C(Oc2ccccc2)C1(Cl)Cl. The summed E-state index contributed by atoms with van der Waals surface area (Å²) in [5.74, 6) is -0.448. The van der Waals surface area contributed by atoms with E-state index in [4.69, 9.17) is 27.9 Å². The molecule has 1 aliphatic rings. The standard InChI is InChI=1S/C11H10Cl2O3/c1-15-10(14)8-9(11(8,12)13)16-7-5-3-2-4-6-7/h2-6,8-9H,1H3. The highest BCUT2D eigenvalue weighted by molar-refractivity contribution is 6.53. The largest absolute Gasteiger partial charge is 0.486 e. The number of methoxy groups -OCH3 is 1. The maximum Gasteiger partial charge on any atom is 0.315 e. The Bertz CT molecular complexity index is 391. The van der Waals surface area contributed by atoms with E-state index >= 15 is 0 Å². The van der Waals surface area contributed by atoms with Gasteiger partial charge in [-0.1, -0.05) is 41.4 Å². The van der Waals surface area contributed by atoms with Crippen molar-refractivity contribution in [2.75, 3.05) is 7.11 Å². The van der Waals surface area contributed by atoms with Gasteiger partial charge in [0, 0.05) is 0 Å². The quantitative estimate of drug-likeness (QED) is 0.619. The molecule has 0 N–H and O–H groups in total. The Kier molecular flexibility index (Phi) is 3.00. The summed E-state index contributed by atoms with van der Waals surface area (Å²) in [6.45, 7) is 0. The molecule has 0 amide bonds. The van der Waals surface area contributed by atoms with Crippen LogP contribution < -0.4 is 4.74 Å². The molecule has 2 rings (SSSR count). The molecule has 0 bridgehead atoms. The molecule has 0 heterocycles. The van der Waals surface area contributed by atoms with Crippen LogP contribution in [-0.2, 0) is 9.53 Å². The van der Waals surface area contributed by atoms with Gasteiger partial charge in [0.25, 0.3) is 0 Å². The first-order valence-corrected chi connectivity index (χ1v) is 5.50. The zero-order chi connectivity index (χ0) is 11.8. The highest BCUT2D eigenvalue weighted by Crippen LogP contribution is 2.55. The van der Waals surface area contributed by atoms with Crippen LogP contribution in [0.1, 0.15) is 0 Å². The third-order valence-corrected chi connectivity index (χ3v) is 3.35. The van der Waals surface area contributed by atoms with Crippen LogP contribution in [0.4, 0.5) is 0 Å². The number of carbonyl (C=O) groups is 1. The van der Waals surface area contributed by atoms with E-state index in [9.17, 15) is 4.79 Å². The first-order chi connectivity index (χ1) is 7.57. The third-order valence-electron chi connectivity index (χ3n) is 2.45. The number of rotatable bonds is 3. The van der Waals surface area contributed by atoms with Crippen molar-refractivity contribution in [2.45, 2.75) is 10.4 Å². The number of para-hydroxylation sites is 1. The lowest BCUT2D eigenvalue weighted by molar-refractivity contribution is -0.142. The molecule has 0 saturated heterocycles. The fourth-order valence-corrected chi connectivity index (χ4v) is 2.12. The van der Waals surface area contributed by atoms with Gasteiger partial charge < -0.3 is 9.47 Å². The van der Waals surface area contributed by atoms with E-state index in [1.165, 1.54) is 7.11 Å². The van der Waals surface area contributed by atoms with Crippen molar-refractivity contribution in [3.05, 3.63) is 30.3 Å². The Balaban J connectivity index is 2.05. The molecule has 2 unspecified atom stereocenters. The van der Waals surface area contributed by atoms with Gasteiger partial charge >= 0.3 is 5.97 Å². The fraction of sp³-hybridized carbons (Fsp3) is 0.364. The molecule has 3 nitrogen and oxygen atoms in total. The molecule has 0 aromatic heterocycles. The van der Waals surface area contributed by atoms with Crippen molar-refractivity contribution in [3.8, 4) is 5.75 Å². The van der Waals surface area contributed by atoms with E-state index in [1.807, 2.05) is 18.2 Å². The van der Waals surface area contributed by atoms with Crippen LogP contribution in [0.2, 0.25) is 0 Å². The van der Waals surface area contributed by atoms with Crippen LogP contribution in [0.5, 0.6) is 5.75 Å². The minimum absolute atomic E-state index is 0.453. The topological polar surface area (TPSA) is 35.5 Å². The maximum absolute atomic E-state index is 11.3. The number of ether oxygens (including phenoxy) is 2. The van der Waals surface area contributed by atoms with Gasteiger partial charge in [-0.05, 0) is 12.1 Å². The minimum atomic E-state index is -1.19. The zero-order valence-corrected chi connectivity index (χ0v) is 10.0. The molecule has 2 atom stereocenters. The lowest BCUT2D eigenvalue weighted by Gasteiger charge is -2.04. The predicted octanol–water partition coefficient (Wildman–Crippen LogP) is 2.41. The molecule has 1 aliphatic carbocycles. The molecular formula is C11H10Cl2O3. The lowest BCUT2D eigenvalue weighted by Crippen LogP contribution is -2.10. The zero-order valence-electron chi connectivity index (χ0n) is 8.52. The Morgan fingerprint density at radius 1 is 1.31 bits per heavy atom. The molecule has 0 aliphatic heterocycles. The first kappa shape index (κ1) is 11.6. The van der Waals surface area contributed by atoms with Gasteiger partial charge in [-0.3, -0.25) is 4.79 Å². The Labute approximate surface area is 103 Å². The smallest absolute Gasteiger partial charge is 0.315 e. The molecule has 1 saturated carbocycles. The Morgan fingerprint density at radius 3 is 2.50 bits per heavy atom. The summed E-state index contributed by atoms with van der Waals surface area (Å²) in [5, 5.41) is 0. The van der Waals surface area contributed by atoms with E-state index in [1.54, 1.807) is 12.1 Å². The number of hydrogen-bond donors (Lipinski definition) is 0. The molecular weight excluding hydrogens is 251 g/mol.